The molecule has 7 atom stereocenters. The molecule has 22 heavy (non-hydrogen) atoms. The molecule has 4 fully saturated rings. The number of piperidine rings is 1. The summed E-state index contributed by atoms with van der Waals surface area (Å²) in [7, 11) is 0. The molecule has 1 aliphatic heterocycles. The predicted molar refractivity (Wildman–Crippen MR) is 88.7 cm³/mol. The Labute approximate surface area is 136 Å². The Kier molecular flexibility index (Phi) is 4.76. The number of fused-ring (bicyclic) bond motifs is 3. The summed E-state index contributed by atoms with van der Waals surface area (Å²) in [5, 5.41) is 0. The van der Waals surface area contributed by atoms with E-state index in [1.165, 1.54) is 70.9 Å². The molecular weight excluding hydrogens is 273 g/mol. The summed E-state index contributed by atoms with van der Waals surface area (Å²) in [6.45, 7) is 2.67. The van der Waals surface area contributed by atoms with Crippen LogP contribution in [0.5, 0.6) is 0 Å². The predicted octanol–water partition coefficient (Wildman–Crippen LogP) is 3.78. The average Bonchev–Trinajstić information content (AvgIpc) is 2.55. The molecule has 0 aromatic rings. The normalized spacial score (nSPS) is 49.2. The molecule has 2 heteroatoms. The lowest BCUT2D eigenvalue weighted by Crippen LogP contribution is -3.18. The van der Waals surface area contributed by atoms with Gasteiger partial charge in [-0.15, -0.1) is 0 Å². The van der Waals surface area contributed by atoms with E-state index in [0.29, 0.717) is 5.92 Å². The van der Waals surface area contributed by atoms with Crippen molar-refractivity contribution in [2.45, 2.75) is 89.3 Å². The number of quaternary nitrogens is 1. The number of likely N-dealkylation sites (tertiary alicyclic amines) is 1. The fourth-order valence-electron chi connectivity index (χ4n) is 6.77. The molecule has 1 N–H and O–H groups in total. The third-order valence-electron chi connectivity index (χ3n) is 7.71. The zero-order valence-electron chi connectivity index (χ0n) is 14.2. The second-order valence-electron chi connectivity index (χ2n) is 8.94. The van der Waals surface area contributed by atoms with Crippen LogP contribution in [0.15, 0.2) is 0 Å². The maximum atomic E-state index is 13.7. The third kappa shape index (κ3) is 3.09. The first-order valence-corrected chi connectivity index (χ1v) is 10.3. The maximum Gasteiger partial charge on any atom is 0.101 e. The van der Waals surface area contributed by atoms with Crippen LogP contribution in [0.4, 0.5) is 4.39 Å². The highest BCUT2D eigenvalue weighted by Crippen LogP contribution is 2.45. The Morgan fingerprint density at radius 1 is 0.773 bits per heavy atom. The van der Waals surface area contributed by atoms with Crippen molar-refractivity contribution >= 4 is 0 Å². The molecule has 126 valence electrons. The molecule has 3 aliphatic carbocycles. The minimum Gasteiger partial charge on any atom is -0.332 e. The summed E-state index contributed by atoms with van der Waals surface area (Å²) in [4.78, 5) is 1.89. The van der Waals surface area contributed by atoms with E-state index >= 15 is 0 Å². The summed E-state index contributed by atoms with van der Waals surface area (Å²) < 4.78 is 13.7. The van der Waals surface area contributed by atoms with Gasteiger partial charge in [0.1, 0.15) is 6.17 Å². The molecule has 4 rings (SSSR count). The number of alkyl halides is 1. The molecular formula is C20H35FN+. The van der Waals surface area contributed by atoms with Gasteiger partial charge in [0, 0.05) is 11.8 Å². The summed E-state index contributed by atoms with van der Waals surface area (Å²) in [5.74, 6) is 3.83. The van der Waals surface area contributed by atoms with Crippen LogP contribution in [0.3, 0.4) is 0 Å². The van der Waals surface area contributed by atoms with Crippen molar-refractivity contribution in [1.82, 2.24) is 0 Å². The number of halogens is 1. The van der Waals surface area contributed by atoms with Crippen LogP contribution in [0, 0.1) is 23.7 Å². The van der Waals surface area contributed by atoms with Gasteiger partial charge < -0.3 is 4.90 Å². The highest BCUT2D eigenvalue weighted by Gasteiger charge is 2.46. The Hall–Kier alpha value is -0.110. The standard InChI is InChI=1S/C20H34FN/c21-17-7-3-5-15(13-17)14-22-12-4-9-19-18-8-2-1-6-16(18)10-11-20(19)22/h15-20H,1-14H2/p+1. The Bertz CT molecular complexity index is 371. The van der Waals surface area contributed by atoms with E-state index in [1.807, 2.05) is 4.90 Å². The molecule has 0 aromatic heterocycles. The van der Waals surface area contributed by atoms with Gasteiger partial charge in [-0.1, -0.05) is 25.7 Å². The van der Waals surface area contributed by atoms with E-state index in [2.05, 4.69) is 0 Å². The zero-order valence-corrected chi connectivity index (χ0v) is 14.2. The topological polar surface area (TPSA) is 4.44 Å². The summed E-state index contributed by atoms with van der Waals surface area (Å²) in [5.41, 5.74) is 0. The van der Waals surface area contributed by atoms with Crippen LogP contribution in [0.1, 0.15) is 77.0 Å². The third-order valence-corrected chi connectivity index (χ3v) is 7.71. The Balaban J connectivity index is 1.41. The van der Waals surface area contributed by atoms with Crippen LogP contribution >= 0.6 is 0 Å². The van der Waals surface area contributed by atoms with Crippen molar-refractivity contribution < 1.29 is 9.29 Å². The smallest absolute Gasteiger partial charge is 0.101 e. The Morgan fingerprint density at radius 2 is 1.64 bits per heavy atom. The number of nitrogens with one attached hydrogen (secondary N) is 1. The molecule has 0 amide bonds. The van der Waals surface area contributed by atoms with Crippen molar-refractivity contribution in [3.8, 4) is 0 Å². The molecule has 0 bridgehead atoms. The lowest BCUT2D eigenvalue weighted by molar-refractivity contribution is -0.940. The summed E-state index contributed by atoms with van der Waals surface area (Å²) in [6.07, 6.45) is 15.6. The van der Waals surface area contributed by atoms with Gasteiger partial charge in [-0.05, 0) is 63.2 Å². The van der Waals surface area contributed by atoms with Crippen molar-refractivity contribution in [1.29, 1.82) is 0 Å². The van der Waals surface area contributed by atoms with Gasteiger partial charge in [-0.25, -0.2) is 4.39 Å². The second-order valence-corrected chi connectivity index (χ2v) is 8.94. The monoisotopic (exact) mass is 308 g/mol. The molecule has 0 radical (unpaired) electrons. The maximum absolute atomic E-state index is 13.7. The van der Waals surface area contributed by atoms with Crippen LogP contribution in [0.2, 0.25) is 0 Å². The van der Waals surface area contributed by atoms with Crippen LogP contribution in [-0.4, -0.2) is 25.3 Å². The SMILES string of the molecule is FC1CCCC(C[NH+]2CCCC3C4CCCCC4CCC32)C1. The minimum absolute atomic E-state index is 0.493. The lowest BCUT2D eigenvalue weighted by Gasteiger charge is -2.50. The highest BCUT2D eigenvalue weighted by molar-refractivity contribution is 4.91. The summed E-state index contributed by atoms with van der Waals surface area (Å²) in [6, 6.07) is 0.938. The van der Waals surface area contributed by atoms with Gasteiger partial charge in [-0.3, -0.25) is 0 Å². The van der Waals surface area contributed by atoms with Gasteiger partial charge in [0.05, 0.1) is 19.1 Å². The van der Waals surface area contributed by atoms with Gasteiger partial charge in [-0.2, -0.15) is 0 Å². The first-order valence-electron chi connectivity index (χ1n) is 10.3. The van der Waals surface area contributed by atoms with Crippen molar-refractivity contribution in [2.24, 2.45) is 23.7 Å². The summed E-state index contributed by atoms with van der Waals surface area (Å²) >= 11 is 0. The molecule has 4 aliphatic rings. The van der Waals surface area contributed by atoms with Crippen LogP contribution in [-0.2, 0) is 0 Å². The van der Waals surface area contributed by atoms with Gasteiger partial charge in [0.25, 0.3) is 0 Å². The van der Waals surface area contributed by atoms with E-state index < -0.39 is 6.17 Å². The average molecular weight is 309 g/mol. The zero-order chi connectivity index (χ0) is 14.9. The molecule has 0 spiro atoms. The van der Waals surface area contributed by atoms with Crippen molar-refractivity contribution in [3.63, 3.8) is 0 Å². The number of hydrogen-bond donors (Lipinski definition) is 1. The number of hydrogen-bond acceptors (Lipinski definition) is 0. The molecule has 1 saturated heterocycles. The fraction of sp³-hybridized carbons (Fsp3) is 1.00. The van der Waals surface area contributed by atoms with E-state index in [9.17, 15) is 4.39 Å². The number of rotatable bonds is 2. The second kappa shape index (κ2) is 6.79. The van der Waals surface area contributed by atoms with Gasteiger partial charge in [0.15, 0.2) is 0 Å². The van der Waals surface area contributed by atoms with E-state index in [4.69, 9.17) is 0 Å². The van der Waals surface area contributed by atoms with Crippen LogP contribution < -0.4 is 4.90 Å². The quantitative estimate of drug-likeness (QED) is 0.792. The van der Waals surface area contributed by atoms with Crippen LogP contribution in [0.25, 0.3) is 0 Å². The molecule has 0 aromatic carbocycles. The molecule has 1 heterocycles. The lowest BCUT2D eigenvalue weighted by atomic mass is 9.61. The van der Waals surface area contributed by atoms with Crippen molar-refractivity contribution in [2.75, 3.05) is 13.1 Å². The largest absolute Gasteiger partial charge is 0.332 e. The van der Waals surface area contributed by atoms with E-state index in [-0.39, 0.29) is 0 Å². The minimum atomic E-state index is -0.493. The van der Waals surface area contributed by atoms with Gasteiger partial charge in [0.2, 0.25) is 0 Å². The first-order chi connectivity index (χ1) is 10.8. The van der Waals surface area contributed by atoms with E-state index in [0.717, 1.165) is 43.1 Å². The van der Waals surface area contributed by atoms with E-state index in [1.54, 1.807) is 0 Å². The first kappa shape index (κ1) is 15.4. The van der Waals surface area contributed by atoms with Gasteiger partial charge >= 0.3 is 0 Å². The van der Waals surface area contributed by atoms with Crippen molar-refractivity contribution in [3.05, 3.63) is 0 Å². The Morgan fingerprint density at radius 3 is 2.55 bits per heavy atom. The fourth-order valence-corrected chi connectivity index (χ4v) is 6.77. The molecule has 7 unspecified atom stereocenters. The molecule has 1 nitrogen and oxygen atoms in total. The molecule has 3 saturated carbocycles. The highest BCUT2D eigenvalue weighted by atomic mass is 19.1.